The van der Waals surface area contributed by atoms with Crippen LogP contribution in [0.2, 0.25) is 0 Å². The zero-order chi connectivity index (χ0) is 27.1. The summed E-state index contributed by atoms with van der Waals surface area (Å²) in [5.74, 6) is -5.36. The van der Waals surface area contributed by atoms with Gasteiger partial charge in [-0.3, -0.25) is 9.59 Å². The molecule has 0 saturated carbocycles. The van der Waals surface area contributed by atoms with Crippen LogP contribution in [0.4, 0.5) is 43.4 Å². The van der Waals surface area contributed by atoms with Crippen LogP contribution in [0.3, 0.4) is 0 Å². The molecule has 2 N–H and O–H groups in total. The van der Waals surface area contributed by atoms with Gasteiger partial charge in [0.25, 0.3) is 0 Å². The lowest BCUT2D eigenvalue weighted by Gasteiger charge is -2.42. The number of carbonyl (C=O) groups excluding carboxylic acids is 2. The summed E-state index contributed by atoms with van der Waals surface area (Å²) in [6.45, 7) is 9.17. The van der Waals surface area contributed by atoms with Gasteiger partial charge in [0.05, 0.1) is 0 Å². The van der Waals surface area contributed by atoms with Crippen LogP contribution < -0.4 is 15.5 Å². The smallest absolute Gasteiger partial charge is 0.371 e. The third kappa shape index (κ3) is 5.61. The number of hydrogen-bond donors (Lipinski definition) is 2. The maximum Gasteiger partial charge on any atom is 0.458 e. The van der Waals surface area contributed by atoms with E-state index in [4.69, 9.17) is 0 Å². The number of nitrogens with zero attached hydrogens (tertiary/aromatic N) is 1. The molecular weight excluding hydrogens is 500 g/mol. The Morgan fingerprint density at radius 1 is 1.00 bits per heavy atom. The van der Waals surface area contributed by atoms with Gasteiger partial charge < -0.3 is 15.5 Å². The fourth-order valence-corrected chi connectivity index (χ4v) is 5.28. The SMILES string of the molecule is Cc1cccc(Nc2cc3c4c(c2)[C@@H]2CNC[C@@H]2CN4CCC3)c1C.O=C(C(=O)C(F)(F)F)C(F)(F)F. The molecular formula is C26H27F6N3O2. The fourth-order valence-electron chi connectivity index (χ4n) is 5.28. The number of ketones is 2. The molecule has 0 unspecified atom stereocenters. The van der Waals surface area contributed by atoms with Gasteiger partial charge in [0.2, 0.25) is 0 Å². The van der Waals surface area contributed by atoms with Gasteiger partial charge in [-0.1, -0.05) is 12.1 Å². The highest BCUT2D eigenvalue weighted by molar-refractivity contribution is 6.41. The van der Waals surface area contributed by atoms with Crippen molar-refractivity contribution in [3.8, 4) is 0 Å². The second-order valence-corrected chi connectivity index (χ2v) is 9.67. The van der Waals surface area contributed by atoms with Crippen LogP contribution in [0.25, 0.3) is 0 Å². The molecule has 1 fully saturated rings. The number of hydrogen-bond acceptors (Lipinski definition) is 5. The first-order chi connectivity index (χ1) is 17.3. The molecule has 3 aliphatic heterocycles. The van der Waals surface area contributed by atoms with Crippen molar-refractivity contribution in [3.05, 3.63) is 52.6 Å². The predicted molar refractivity (Wildman–Crippen MR) is 127 cm³/mol. The van der Waals surface area contributed by atoms with Gasteiger partial charge >= 0.3 is 23.9 Å². The first kappa shape index (κ1) is 27.0. The molecule has 11 heteroatoms. The number of anilines is 3. The first-order valence-corrected chi connectivity index (χ1v) is 12.0. The maximum atomic E-state index is 11.2. The molecule has 0 aromatic heterocycles. The lowest BCUT2D eigenvalue weighted by Crippen LogP contribution is -2.41. The van der Waals surface area contributed by atoms with Crippen LogP contribution in [-0.4, -0.2) is 50.1 Å². The minimum atomic E-state index is -5.77. The van der Waals surface area contributed by atoms with Crippen molar-refractivity contribution in [3.63, 3.8) is 0 Å². The van der Waals surface area contributed by atoms with Crippen LogP contribution in [0.1, 0.15) is 34.6 Å². The Bertz CT molecular complexity index is 1180. The van der Waals surface area contributed by atoms with E-state index in [-0.39, 0.29) is 0 Å². The number of nitrogens with one attached hydrogen (secondary N) is 2. The second-order valence-electron chi connectivity index (χ2n) is 9.67. The normalized spacial score (nSPS) is 20.4. The lowest BCUT2D eigenvalue weighted by molar-refractivity contribution is -0.193. The lowest BCUT2D eigenvalue weighted by atomic mass is 9.80. The van der Waals surface area contributed by atoms with Gasteiger partial charge in [-0.25, -0.2) is 0 Å². The number of fused-ring (bicyclic) bond motifs is 2. The summed E-state index contributed by atoms with van der Waals surface area (Å²) >= 11 is 0. The Balaban J connectivity index is 0.000000229. The van der Waals surface area contributed by atoms with E-state index < -0.39 is 23.9 Å². The van der Waals surface area contributed by atoms with E-state index in [1.54, 1.807) is 16.8 Å². The summed E-state index contributed by atoms with van der Waals surface area (Å²) in [5.41, 5.74) is 9.86. The van der Waals surface area contributed by atoms with Crippen LogP contribution >= 0.6 is 0 Å². The predicted octanol–water partition coefficient (Wildman–Crippen LogP) is 5.37. The topological polar surface area (TPSA) is 61.4 Å². The minimum absolute atomic E-state index is 0.684. The number of carbonyl (C=O) groups is 2. The van der Waals surface area contributed by atoms with Crippen LogP contribution in [0, 0.1) is 19.8 Å². The van der Waals surface area contributed by atoms with Gasteiger partial charge in [0, 0.05) is 49.2 Å². The average molecular weight is 528 g/mol. The van der Waals surface area contributed by atoms with Gasteiger partial charge in [0.1, 0.15) is 0 Å². The van der Waals surface area contributed by atoms with Crippen LogP contribution in [0.15, 0.2) is 30.3 Å². The Hall–Kier alpha value is -3.08. The third-order valence-electron chi connectivity index (χ3n) is 7.21. The number of aryl methyl sites for hydroxylation is 2. The molecule has 2 aromatic rings. The molecule has 37 heavy (non-hydrogen) atoms. The number of Topliss-reactive ketones (excluding diaryl/α,β-unsaturated/α-hetero) is 2. The Labute approximate surface area is 210 Å². The molecule has 2 aromatic carbocycles. The third-order valence-corrected chi connectivity index (χ3v) is 7.21. The van der Waals surface area contributed by atoms with Gasteiger partial charge in [0.15, 0.2) is 0 Å². The molecule has 3 aliphatic rings. The monoisotopic (exact) mass is 527 g/mol. The van der Waals surface area contributed by atoms with Crippen molar-refractivity contribution in [1.29, 1.82) is 0 Å². The van der Waals surface area contributed by atoms with E-state index in [2.05, 4.69) is 59.7 Å². The quantitative estimate of drug-likeness (QED) is 0.416. The van der Waals surface area contributed by atoms with Crippen molar-refractivity contribution in [1.82, 2.24) is 5.32 Å². The fraction of sp³-hybridized carbons (Fsp3) is 0.462. The van der Waals surface area contributed by atoms with E-state index in [9.17, 15) is 35.9 Å². The highest BCUT2D eigenvalue weighted by Crippen LogP contribution is 2.46. The van der Waals surface area contributed by atoms with E-state index in [0.29, 0.717) is 5.92 Å². The van der Waals surface area contributed by atoms with Crippen molar-refractivity contribution in [2.75, 3.05) is 36.4 Å². The van der Waals surface area contributed by atoms with Gasteiger partial charge in [-0.15, -0.1) is 0 Å². The molecule has 0 bridgehead atoms. The second kappa shape index (κ2) is 10.00. The van der Waals surface area contributed by atoms with E-state index in [1.807, 2.05) is 0 Å². The van der Waals surface area contributed by atoms with Crippen molar-refractivity contribution >= 4 is 28.6 Å². The highest BCUT2D eigenvalue weighted by Gasteiger charge is 2.54. The van der Waals surface area contributed by atoms with Gasteiger partial charge in [-0.05, 0) is 73.1 Å². The molecule has 0 aliphatic carbocycles. The van der Waals surface area contributed by atoms with E-state index >= 15 is 0 Å². The van der Waals surface area contributed by atoms with E-state index in [1.165, 1.54) is 55.0 Å². The van der Waals surface area contributed by atoms with Crippen molar-refractivity contribution in [2.24, 2.45) is 5.92 Å². The summed E-state index contributed by atoms with van der Waals surface area (Å²) < 4.78 is 67.0. The molecule has 0 amide bonds. The zero-order valence-electron chi connectivity index (χ0n) is 20.3. The largest absolute Gasteiger partial charge is 0.458 e. The number of rotatable bonds is 3. The summed E-state index contributed by atoms with van der Waals surface area (Å²) in [5, 5.41) is 7.35. The maximum absolute atomic E-state index is 11.2. The molecule has 0 radical (unpaired) electrons. The van der Waals surface area contributed by atoms with Gasteiger partial charge in [-0.2, -0.15) is 26.3 Å². The standard InChI is InChI=1S/C22H27N3.C4F6O2/c1-14-5-3-7-21(15(14)2)24-18-9-16-6-4-8-25-13-17-11-23-12-20(17)19(10-18)22(16)25;5-3(6,7)1(11)2(12)4(8,9)10/h3,5,7,9-10,17,20,23-24H,4,6,8,11-13H2,1-2H3;/t17-,20-;/m1./s1. The minimum Gasteiger partial charge on any atom is -0.371 e. The summed E-state index contributed by atoms with van der Waals surface area (Å²) in [7, 11) is 0. The molecule has 3 heterocycles. The molecule has 200 valence electrons. The zero-order valence-corrected chi connectivity index (χ0v) is 20.3. The molecule has 5 rings (SSSR count). The summed E-state index contributed by atoms with van der Waals surface area (Å²) in [6, 6.07) is 11.4. The molecule has 2 atom stereocenters. The van der Waals surface area contributed by atoms with Crippen LogP contribution in [0.5, 0.6) is 0 Å². The highest BCUT2D eigenvalue weighted by atomic mass is 19.4. The first-order valence-electron chi connectivity index (χ1n) is 12.0. The van der Waals surface area contributed by atoms with Crippen LogP contribution in [-0.2, 0) is 16.0 Å². The van der Waals surface area contributed by atoms with E-state index in [0.717, 1.165) is 12.5 Å². The number of benzene rings is 2. The Morgan fingerprint density at radius 3 is 2.32 bits per heavy atom. The molecule has 1 saturated heterocycles. The Kier molecular flexibility index (Phi) is 7.29. The number of halogens is 6. The van der Waals surface area contributed by atoms with Crippen molar-refractivity contribution in [2.45, 2.75) is 45.0 Å². The molecule has 0 spiro atoms. The average Bonchev–Trinajstić information content (AvgIpc) is 3.29. The summed E-state index contributed by atoms with van der Waals surface area (Å²) in [4.78, 5) is 21.9. The van der Waals surface area contributed by atoms with Crippen molar-refractivity contribution < 1.29 is 35.9 Å². The molecule has 5 nitrogen and oxygen atoms in total. The summed E-state index contributed by atoms with van der Waals surface area (Å²) in [6.07, 6.45) is -9.05. The number of alkyl halides is 6. The Morgan fingerprint density at radius 2 is 1.68 bits per heavy atom.